The Labute approximate surface area is 102 Å². The van der Waals surface area contributed by atoms with Crippen molar-refractivity contribution >= 4 is 11.2 Å². The molecule has 0 amide bonds. The quantitative estimate of drug-likeness (QED) is 0.917. The van der Waals surface area contributed by atoms with Crippen molar-refractivity contribution in [3.63, 3.8) is 0 Å². The lowest BCUT2D eigenvalue weighted by Gasteiger charge is -2.09. The summed E-state index contributed by atoms with van der Waals surface area (Å²) < 4.78 is 39.7. The van der Waals surface area contributed by atoms with Gasteiger partial charge in [-0.1, -0.05) is 0 Å². The molecule has 2 N–H and O–H groups in total. The minimum absolute atomic E-state index is 0.165. The molecular formula is C11H13F3N4. The standard InChI is InChI=1S/C11H13F3N4/c1-7-5-8-9(16-6-7)18(4-2-3-15)10(17-8)11(12,13)14/h5-6H,2-4,15H2,1H3. The molecule has 0 radical (unpaired) electrons. The largest absolute Gasteiger partial charge is 0.449 e. The second-order valence-electron chi connectivity index (χ2n) is 4.08. The van der Waals surface area contributed by atoms with Crippen LogP contribution in [-0.2, 0) is 12.7 Å². The highest BCUT2D eigenvalue weighted by Gasteiger charge is 2.37. The van der Waals surface area contributed by atoms with E-state index in [0.29, 0.717) is 13.0 Å². The van der Waals surface area contributed by atoms with Gasteiger partial charge in [-0.15, -0.1) is 0 Å². The number of fused-ring (bicyclic) bond motifs is 1. The molecule has 0 spiro atoms. The highest BCUT2D eigenvalue weighted by Crippen LogP contribution is 2.31. The van der Waals surface area contributed by atoms with Crippen molar-refractivity contribution < 1.29 is 13.2 Å². The molecule has 18 heavy (non-hydrogen) atoms. The maximum absolute atomic E-state index is 12.9. The number of aryl methyl sites for hydroxylation is 2. The molecule has 4 nitrogen and oxygen atoms in total. The molecule has 0 bridgehead atoms. The van der Waals surface area contributed by atoms with Crippen LogP contribution in [0.3, 0.4) is 0 Å². The van der Waals surface area contributed by atoms with Crippen LogP contribution in [0.25, 0.3) is 11.2 Å². The Morgan fingerprint density at radius 2 is 2.11 bits per heavy atom. The third-order valence-electron chi connectivity index (χ3n) is 2.56. The second kappa shape index (κ2) is 4.56. The second-order valence-corrected chi connectivity index (χ2v) is 4.08. The molecule has 0 fully saturated rings. The number of hydrogen-bond donors (Lipinski definition) is 1. The number of aromatic nitrogens is 3. The zero-order valence-electron chi connectivity index (χ0n) is 9.83. The Morgan fingerprint density at radius 1 is 1.39 bits per heavy atom. The van der Waals surface area contributed by atoms with Crippen LogP contribution in [0.15, 0.2) is 12.3 Å². The third kappa shape index (κ3) is 2.31. The van der Waals surface area contributed by atoms with Crippen LogP contribution < -0.4 is 5.73 Å². The van der Waals surface area contributed by atoms with Gasteiger partial charge in [-0.25, -0.2) is 9.97 Å². The van der Waals surface area contributed by atoms with Gasteiger partial charge in [0.15, 0.2) is 5.65 Å². The van der Waals surface area contributed by atoms with Crippen molar-refractivity contribution in [3.05, 3.63) is 23.7 Å². The van der Waals surface area contributed by atoms with E-state index in [9.17, 15) is 13.2 Å². The van der Waals surface area contributed by atoms with E-state index in [1.165, 1.54) is 6.20 Å². The van der Waals surface area contributed by atoms with E-state index in [0.717, 1.165) is 10.1 Å². The first-order valence-electron chi connectivity index (χ1n) is 5.53. The van der Waals surface area contributed by atoms with E-state index in [-0.39, 0.29) is 17.7 Å². The molecule has 0 aliphatic carbocycles. The molecule has 0 aromatic carbocycles. The lowest BCUT2D eigenvalue weighted by Crippen LogP contribution is -2.16. The van der Waals surface area contributed by atoms with E-state index >= 15 is 0 Å². The zero-order chi connectivity index (χ0) is 13.3. The van der Waals surface area contributed by atoms with Crippen LogP contribution in [0.4, 0.5) is 13.2 Å². The van der Waals surface area contributed by atoms with Crippen molar-refractivity contribution in [1.82, 2.24) is 14.5 Å². The number of rotatable bonds is 3. The Bertz CT molecular complexity index is 559. The number of imidazole rings is 1. The predicted octanol–water partition coefficient (Wildman–Crippen LogP) is 2.11. The van der Waals surface area contributed by atoms with Crippen molar-refractivity contribution in [1.29, 1.82) is 0 Å². The van der Waals surface area contributed by atoms with Crippen LogP contribution in [0, 0.1) is 6.92 Å². The highest BCUT2D eigenvalue weighted by molar-refractivity contribution is 5.72. The van der Waals surface area contributed by atoms with Gasteiger partial charge in [-0.3, -0.25) is 0 Å². The van der Waals surface area contributed by atoms with Crippen LogP contribution in [0.1, 0.15) is 17.8 Å². The Morgan fingerprint density at radius 3 is 2.72 bits per heavy atom. The summed E-state index contributed by atoms with van der Waals surface area (Å²) in [5, 5.41) is 0. The maximum Gasteiger partial charge on any atom is 0.449 e. The van der Waals surface area contributed by atoms with Gasteiger partial charge in [0.25, 0.3) is 0 Å². The van der Waals surface area contributed by atoms with Gasteiger partial charge in [0.2, 0.25) is 5.82 Å². The maximum atomic E-state index is 12.9. The summed E-state index contributed by atoms with van der Waals surface area (Å²) in [6.45, 7) is 2.25. The Hall–Kier alpha value is -1.63. The molecule has 2 heterocycles. The summed E-state index contributed by atoms with van der Waals surface area (Å²) in [5.41, 5.74) is 6.63. The van der Waals surface area contributed by atoms with E-state index < -0.39 is 12.0 Å². The molecule has 0 aliphatic rings. The average molecular weight is 258 g/mol. The summed E-state index contributed by atoms with van der Waals surface area (Å²) in [6, 6.07) is 1.59. The first kappa shape index (κ1) is 12.8. The molecule has 0 saturated heterocycles. The van der Waals surface area contributed by atoms with E-state index in [4.69, 9.17) is 5.73 Å². The molecule has 2 aromatic rings. The lowest BCUT2D eigenvalue weighted by molar-refractivity contribution is -0.147. The van der Waals surface area contributed by atoms with Crippen LogP contribution in [-0.4, -0.2) is 21.1 Å². The van der Waals surface area contributed by atoms with Gasteiger partial charge in [0.1, 0.15) is 5.52 Å². The molecule has 0 atom stereocenters. The fourth-order valence-electron chi connectivity index (χ4n) is 1.79. The summed E-state index contributed by atoms with van der Waals surface area (Å²) >= 11 is 0. The Kier molecular flexibility index (Phi) is 3.25. The van der Waals surface area contributed by atoms with Gasteiger partial charge in [0.05, 0.1) is 0 Å². The van der Waals surface area contributed by atoms with Gasteiger partial charge in [-0.2, -0.15) is 13.2 Å². The summed E-state index contributed by atoms with van der Waals surface area (Å²) in [5.74, 6) is -0.913. The first-order chi connectivity index (χ1) is 8.43. The predicted molar refractivity (Wildman–Crippen MR) is 60.9 cm³/mol. The van der Waals surface area contributed by atoms with E-state index in [2.05, 4.69) is 9.97 Å². The van der Waals surface area contributed by atoms with Crippen LogP contribution in [0.2, 0.25) is 0 Å². The molecule has 7 heteroatoms. The van der Waals surface area contributed by atoms with Gasteiger partial charge in [0, 0.05) is 12.7 Å². The van der Waals surface area contributed by atoms with Crippen molar-refractivity contribution in [2.75, 3.05) is 6.54 Å². The molecule has 2 rings (SSSR count). The lowest BCUT2D eigenvalue weighted by atomic mass is 10.3. The molecular weight excluding hydrogens is 245 g/mol. The summed E-state index contributed by atoms with van der Waals surface area (Å²) in [7, 11) is 0. The van der Waals surface area contributed by atoms with Gasteiger partial charge in [-0.05, 0) is 31.5 Å². The van der Waals surface area contributed by atoms with Crippen LogP contribution in [0.5, 0.6) is 0 Å². The topological polar surface area (TPSA) is 56.7 Å². The fraction of sp³-hybridized carbons (Fsp3) is 0.455. The number of nitrogens with zero attached hydrogens (tertiary/aromatic N) is 3. The first-order valence-corrected chi connectivity index (χ1v) is 5.53. The minimum atomic E-state index is -4.48. The van der Waals surface area contributed by atoms with Crippen LogP contribution >= 0.6 is 0 Å². The third-order valence-corrected chi connectivity index (χ3v) is 2.56. The van der Waals surface area contributed by atoms with Gasteiger partial charge < -0.3 is 10.3 Å². The number of pyridine rings is 1. The van der Waals surface area contributed by atoms with E-state index in [1.807, 2.05) is 0 Å². The number of hydrogen-bond acceptors (Lipinski definition) is 3. The number of alkyl halides is 3. The smallest absolute Gasteiger partial charge is 0.330 e. The number of nitrogens with two attached hydrogens (primary N) is 1. The average Bonchev–Trinajstić information content (AvgIpc) is 2.63. The van der Waals surface area contributed by atoms with Crippen molar-refractivity contribution in [3.8, 4) is 0 Å². The normalized spacial score (nSPS) is 12.3. The fourth-order valence-corrected chi connectivity index (χ4v) is 1.79. The minimum Gasteiger partial charge on any atom is -0.330 e. The SMILES string of the molecule is Cc1cnc2c(c1)nc(C(F)(F)F)n2CCCN. The van der Waals surface area contributed by atoms with E-state index in [1.54, 1.807) is 13.0 Å². The van der Waals surface area contributed by atoms with Gasteiger partial charge >= 0.3 is 6.18 Å². The highest BCUT2D eigenvalue weighted by atomic mass is 19.4. The number of halogens is 3. The molecule has 0 saturated carbocycles. The molecule has 0 aliphatic heterocycles. The molecule has 0 unspecified atom stereocenters. The van der Waals surface area contributed by atoms with Crippen molar-refractivity contribution in [2.45, 2.75) is 26.1 Å². The van der Waals surface area contributed by atoms with Crippen molar-refractivity contribution in [2.24, 2.45) is 5.73 Å². The molecule has 2 aromatic heterocycles. The summed E-state index contributed by atoms with van der Waals surface area (Å²) in [4.78, 5) is 7.66. The molecule has 98 valence electrons. The monoisotopic (exact) mass is 258 g/mol. The summed E-state index contributed by atoms with van der Waals surface area (Å²) in [6.07, 6.45) is -2.50. The zero-order valence-corrected chi connectivity index (χ0v) is 9.83. The Balaban J connectivity index is 2.60.